The highest BCUT2D eigenvalue weighted by Crippen LogP contribution is 2.43. The molecule has 0 spiro atoms. The molecule has 0 aromatic carbocycles. The fourth-order valence-corrected chi connectivity index (χ4v) is 4.93. The number of allylic oxidation sites excluding steroid dienone is 2. The van der Waals surface area contributed by atoms with Crippen LogP contribution in [0.2, 0.25) is 0 Å². The van der Waals surface area contributed by atoms with Crippen molar-refractivity contribution in [1.29, 1.82) is 0 Å². The van der Waals surface area contributed by atoms with Crippen LogP contribution in [0.25, 0.3) is 16.9 Å². The number of halogens is 1. The van der Waals surface area contributed by atoms with Gasteiger partial charge in [0.2, 0.25) is 0 Å². The van der Waals surface area contributed by atoms with E-state index in [2.05, 4.69) is 28.8 Å². The number of carbonyl (C=O) groups excluding carboxylic acids is 1. The van der Waals surface area contributed by atoms with E-state index in [1.807, 2.05) is 6.92 Å². The van der Waals surface area contributed by atoms with Crippen LogP contribution < -0.4 is 0 Å². The average Bonchev–Trinajstić information content (AvgIpc) is 3.27. The van der Waals surface area contributed by atoms with Gasteiger partial charge in [-0.05, 0) is 69.3 Å². The van der Waals surface area contributed by atoms with E-state index in [9.17, 15) is 4.79 Å². The van der Waals surface area contributed by atoms with Crippen molar-refractivity contribution in [3.8, 4) is 11.3 Å². The summed E-state index contributed by atoms with van der Waals surface area (Å²) in [7, 11) is 0. The van der Waals surface area contributed by atoms with Crippen LogP contribution in [-0.2, 0) is 4.74 Å². The van der Waals surface area contributed by atoms with Crippen LogP contribution in [0.4, 0.5) is 0 Å². The zero-order valence-corrected chi connectivity index (χ0v) is 18.5. The van der Waals surface area contributed by atoms with Gasteiger partial charge >= 0.3 is 5.97 Å². The summed E-state index contributed by atoms with van der Waals surface area (Å²) >= 11 is 6.58. The predicted octanol–water partition coefficient (Wildman–Crippen LogP) is 5.91. The SMILES string of the molecule is Cc1c(-c2onc(C3=C(Cl)CCC(C)C3)c2C(=O)OC2CC2)cnn1C1CC(C)C1. The van der Waals surface area contributed by atoms with Gasteiger partial charge in [0.05, 0.1) is 17.8 Å². The van der Waals surface area contributed by atoms with Crippen LogP contribution >= 0.6 is 11.6 Å². The maximum Gasteiger partial charge on any atom is 0.344 e. The minimum Gasteiger partial charge on any atom is -0.459 e. The number of hydrogen-bond donors (Lipinski definition) is 0. The molecule has 2 fully saturated rings. The molecule has 1 atom stereocenters. The van der Waals surface area contributed by atoms with Gasteiger partial charge in [-0.15, -0.1) is 0 Å². The standard InChI is InChI=1S/C23H28ClN3O3/c1-12-4-7-19(24)17(10-12)21-20(23(28)29-16-5-6-16)22(30-26-21)18-11-25-27(14(18)3)15-8-13(2)9-15/h11-13,15-16H,4-10H2,1-3H3. The van der Waals surface area contributed by atoms with Gasteiger partial charge in [0.25, 0.3) is 0 Å². The molecule has 5 rings (SSSR count). The Hall–Kier alpha value is -2.08. The van der Waals surface area contributed by atoms with Crippen molar-refractivity contribution in [3.63, 3.8) is 0 Å². The molecule has 0 bridgehead atoms. The normalized spacial score (nSPS) is 26.6. The first-order valence-electron chi connectivity index (χ1n) is 11.0. The van der Waals surface area contributed by atoms with Crippen LogP contribution in [0.15, 0.2) is 15.8 Å². The number of esters is 1. The van der Waals surface area contributed by atoms with Crippen LogP contribution in [-0.4, -0.2) is 27.0 Å². The van der Waals surface area contributed by atoms with Gasteiger partial charge in [0.1, 0.15) is 17.4 Å². The quantitative estimate of drug-likeness (QED) is 0.553. The third kappa shape index (κ3) is 3.49. The van der Waals surface area contributed by atoms with E-state index in [1.165, 1.54) is 0 Å². The van der Waals surface area contributed by atoms with Gasteiger partial charge in [-0.1, -0.05) is 30.6 Å². The van der Waals surface area contributed by atoms with Crippen molar-refractivity contribution in [1.82, 2.24) is 14.9 Å². The monoisotopic (exact) mass is 429 g/mol. The molecule has 6 nitrogen and oxygen atoms in total. The number of nitrogens with zero attached hydrogens (tertiary/aromatic N) is 3. The second-order valence-corrected chi connectivity index (χ2v) is 9.85. The maximum atomic E-state index is 13.1. The highest BCUT2D eigenvalue weighted by Gasteiger charge is 2.36. The summed E-state index contributed by atoms with van der Waals surface area (Å²) in [5.74, 6) is 1.29. The largest absolute Gasteiger partial charge is 0.459 e. The molecule has 2 heterocycles. The molecule has 0 radical (unpaired) electrons. The Morgan fingerprint density at radius 2 is 2.00 bits per heavy atom. The molecule has 0 saturated heterocycles. The topological polar surface area (TPSA) is 70.2 Å². The van der Waals surface area contributed by atoms with E-state index in [1.54, 1.807) is 6.20 Å². The number of hydrogen-bond acceptors (Lipinski definition) is 5. The number of carbonyl (C=O) groups is 1. The van der Waals surface area contributed by atoms with Crippen LogP contribution in [0.3, 0.4) is 0 Å². The second-order valence-electron chi connectivity index (χ2n) is 9.39. The highest BCUT2D eigenvalue weighted by atomic mass is 35.5. The molecule has 30 heavy (non-hydrogen) atoms. The summed E-state index contributed by atoms with van der Waals surface area (Å²) in [6.45, 7) is 6.48. The van der Waals surface area contributed by atoms with Gasteiger partial charge in [-0.3, -0.25) is 4.68 Å². The van der Waals surface area contributed by atoms with E-state index in [4.69, 9.17) is 20.9 Å². The van der Waals surface area contributed by atoms with Gasteiger partial charge in [-0.2, -0.15) is 5.10 Å². The fraction of sp³-hybridized carbons (Fsp3) is 0.609. The minimum absolute atomic E-state index is 0.00288. The number of ether oxygens (including phenoxy) is 1. The first-order valence-corrected chi connectivity index (χ1v) is 11.4. The van der Waals surface area contributed by atoms with Crippen LogP contribution in [0.1, 0.15) is 86.6 Å². The molecule has 1 unspecified atom stereocenters. The fourth-order valence-electron chi connectivity index (χ4n) is 4.65. The highest BCUT2D eigenvalue weighted by molar-refractivity contribution is 6.33. The molecule has 3 aliphatic carbocycles. The summed E-state index contributed by atoms with van der Waals surface area (Å²) in [6.07, 6.45) is 8.50. The number of rotatable bonds is 5. The lowest BCUT2D eigenvalue weighted by atomic mass is 9.82. The van der Waals surface area contributed by atoms with Gasteiger partial charge < -0.3 is 9.26 Å². The third-order valence-corrected chi connectivity index (χ3v) is 7.12. The molecule has 160 valence electrons. The van der Waals surface area contributed by atoms with Gasteiger partial charge in [0, 0.05) is 10.7 Å². The molecular weight excluding hydrogens is 402 g/mol. The minimum atomic E-state index is -0.372. The summed E-state index contributed by atoms with van der Waals surface area (Å²) in [6, 6.07) is 0.411. The van der Waals surface area contributed by atoms with E-state index in [0.717, 1.165) is 72.7 Å². The van der Waals surface area contributed by atoms with Crippen molar-refractivity contribution in [2.45, 2.75) is 77.9 Å². The second kappa shape index (κ2) is 7.56. The molecule has 2 aromatic rings. The molecule has 2 aromatic heterocycles. The van der Waals surface area contributed by atoms with Crippen LogP contribution in [0.5, 0.6) is 0 Å². The molecule has 3 aliphatic rings. The van der Waals surface area contributed by atoms with E-state index in [0.29, 0.717) is 29.0 Å². The zero-order chi connectivity index (χ0) is 21.0. The summed E-state index contributed by atoms with van der Waals surface area (Å²) in [5.41, 5.74) is 3.64. The Morgan fingerprint density at radius 1 is 1.23 bits per heavy atom. The Kier molecular flexibility index (Phi) is 5.00. The number of aromatic nitrogens is 3. The van der Waals surface area contributed by atoms with Gasteiger partial charge in [0.15, 0.2) is 5.76 Å². The Labute approximate surface area is 181 Å². The van der Waals surface area contributed by atoms with E-state index in [-0.39, 0.29) is 12.1 Å². The molecule has 0 N–H and O–H groups in total. The van der Waals surface area contributed by atoms with E-state index < -0.39 is 0 Å². The first kappa shape index (κ1) is 19.9. The molecule has 0 amide bonds. The first-order chi connectivity index (χ1) is 14.4. The average molecular weight is 430 g/mol. The summed E-state index contributed by atoms with van der Waals surface area (Å²) in [4.78, 5) is 13.1. The molecular formula is C23H28ClN3O3. The van der Waals surface area contributed by atoms with Crippen molar-refractivity contribution in [3.05, 3.63) is 28.2 Å². The van der Waals surface area contributed by atoms with Gasteiger partial charge in [-0.25, -0.2) is 4.79 Å². The summed E-state index contributed by atoms with van der Waals surface area (Å²) < 4.78 is 13.5. The Balaban J connectivity index is 1.57. The lowest BCUT2D eigenvalue weighted by Gasteiger charge is -2.33. The molecule has 7 heteroatoms. The Bertz CT molecular complexity index is 1010. The maximum absolute atomic E-state index is 13.1. The predicted molar refractivity (Wildman–Crippen MR) is 114 cm³/mol. The van der Waals surface area contributed by atoms with Crippen molar-refractivity contribution in [2.75, 3.05) is 0 Å². The lowest BCUT2D eigenvalue weighted by molar-refractivity contribution is 0.0472. The third-order valence-electron chi connectivity index (χ3n) is 6.70. The van der Waals surface area contributed by atoms with Crippen molar-refractivity contribution in [2.24, 2.45) is 11.8 Å². The van der Waals surface area contributed by atoms with Crippen molar-refractivity contribution < 1.29 is 14.1 Å². The van der Waals surface area contributed by atoms with E-state index >= 15 is 0 Å². The lowest BCUT2D eigenvalue weighted by Crippen LogP contribution is -2.26. The summed E-state index contributed by atoms with van der Waals surface area (Å²) in [5, 5.41) is 9.71. The zero-order valence-electron chi connectivity index (χ0n) is 17.8. The molecule has 2 saturated carbocycles. The van der Waals surface area contributed by atoms with Crippen LogP contribution in [0, 0.1) is 18.8 Å². The smallest absolute Gasteiger partial charge is 0.344 e. The van der Waals surface area contributed by atoms with Crippen molar-refractivity contribution >= 4 is 23.1 Å². The Morgan fingerprint density at radius 3 is 2.70 bits per heavy atom. The molecule has 0 aliphatic heterocycles.